The van der Waals surface area contributed by atoms with E-state index in [0.29, 0.717) is 0 Å². The Kier molecular flexibility index (Phi) is 5.85. The van der Waals surface area contributed by atoms with Gasteiger partial charge in [-0.2, -0.15) is 0 Å². The van der Waals surface area contributed by atoms with Crippen LogP contribution in [0, 0.1) is 0 Å². The molecule has 0 radical (unpaired) electrons. The van der Waals surface area contributed by atoms with Crippen LogP contribution in [0.25, 0.3) is 0 Å². The van der Waals surface area contributed by atoms with E-state index in [4.69, 9.17) is 0 Å². The van der Waals surface area contributed by atoms with Crippen molar-refractivity contribution in [2.45, 2.75) is 26.7 Å². The molecule has 0 saturated carbocycles. The van der Waals surface area contributed by atoms with Crippen LogP contribution in [-0.2, 0) is 0 Å². The van der Waals surface area contributed by atoms with Gasteiger partial charge in [0.15, 0.2) is 0 Å². The third kappa shape index (κ3) is 4.13. The first-order chi connectivity index (χ1) is 4.85. The highest BCUT2D eigenvalue weighted by atomic mass is 13.9. The Morgan fingerprint density at radius 3 is 2.60 bits per heavy atom. The predicted octanol–water partition coefficient (Wildman–Crippen LogP) is 3.48. The molecule has 0 aliphatic carbocycles. The molecule has 0 heteroatoms. The molecule has 0 spiro atoms. The fraction of sp³-hybridized carbons (Fsp3) is 0.400. The SMILES string of the molecule is C=C/C(=C\C=C/C)CCC. The lowest BCUT2D eigenvalue weighted by molar-refractivity contribution is 0.927. The summed E-state index contributed by atoms with van der Waals surface area (Å²) in [5, 5.41) is 0. The Hall–Kier alpha value is -0.780. The summed E-state index contributed by atoms with van der Waals surface area (Å²) in [7, 11) is 0. The first-order valence-corrected chi connectivity index (χ1v) is 3.79. The largest absolute Gasteiger partial charge is 0.0988 e. The van der Waals surface area contributed by atoms with Gasteiger partial charge in [-0.05, 0) is 18.9 Å². The number of allylic oxidation sites excluding steroid dienone is 5. The molecule has 0 fully saturated rings. The van der Waals surface area contributed by atoms with Crippen molar-refractivity contribution >= 4 is 0 Å². The number of hydrogen-bond donors (Lipinski definition) is 0. The van der Waals surface area contributed by atoms with E-state index in [9.17, 15) is 0 Å². The summed E-state index contributed by atoms with van der Waals surface area (Å²) < 4.78 is 0. The minimum absolute atomic E-state index is 1.13. The van der Waals surface area contributed by atoms with E-state index in [1.54, 1.807) is 0 Å². The first kappa shape index (κ1) is 9.22. The Morgan fingerprint density at radius 2 is 2.20 bits per heavy atom. The van der Waals surface area contributed by atoms with E-state index in [1.165, 1.54) is 12.0 Å². The van der Waals surface area contributed by atoms with Gasteiger partial charge in [0.2, 0.25) is 0 Å². The maximum atomic E-state index is 3.73. The maximum absolute atomic E-state index is 3.73. The van der Waals surface area contributed by atoms with Gasteiger partial charge in [-0.3, -0.25) is 0 Å². The van der Waals surface area contributed by atoms with Crippen molar-refractivity contribution in [2.24, 2.45) is 0 Å². The lowest BCUT2D eigenvalue weighted by atomic mass is 10.1. The van der Waals surface area contributed by atoms with E-state index >= 15 is 0 Å². The Morgan fingerprint density at radius 1 is 1.50 bits per heavy atom. The second-order valence-electron chi connectivity index (χ2n) is 2.22. The van der Waals surface area contributed by atoms with Crippen LogP contribution in [0.15, 0.2) is 36.5 Å². The molecule has 0 aliphatic heterocycles. The molecule has 10 heavy (non-hydrogen) atoms. The van der Waals surface area contributed by atoms with Gasteiger partial charge < -0.3 is 0 Å². The topological polar surface area (TPSA) is 0 Å². The summed E-state index contributed by atoms with van der Waals surface area (Å²) in [5.74, 6) is 0. The summed E-state index contributed by atoms with van der Waals surface area (Å²) in [6.45, 7) is 7.92. The lowest BCUT2D eigenvalue weighted by Gasteiger charge is -1.94. The molecule has 0 heterocycles. The molecule has 0 saturated heterocycles. The molecule has 0 aromatic rings. The molecule has 0 bridgehead atoms. The molecule has 56 valence electrons. The molecule has 0 unspecified atom stereocenters. The van der Waals surface area contributed by atoms with E-state index in [1.807, 2.05) is 25.2 Å². The van der Waals surface area contributed by atoms with Gasteiger partial charge in [0.25, 0.3) is 0 Å². The zero-order valence-electron chi connectivity index (χ0n) is 6.93. The monoisotopic (exact) mass is 136 g/mol. The van der Waals surface area contributed by atoms with Gasteiger partial charge in [0.05, 0.1) is 0 Å². The molecule has 0 amide bonds. The minimum Gasteiger partial charge on any atom is -0.0988 e. The fourth-order valence-electron chi connectivity index (χ4n) is 0.762. The predicted molar refractivity (Wildman–Crippen MR) is 48.0 cm³/mol. The Bertz CT molecular complexity index is 138. The molecule has 0 rings (SSSR count). The van der Waals surface area contributed by atoms with Crippen molar-refractivity contribution in [1.82, 2.24) is 0 Å². The standard InChI is InChI=1S/C10H16/c1-4-7-9-10(6-3)8-5-2/h4,6-7,9H,3,5,8H2,1-2H3/b7-4-,10-9+. The average Bonchev–Trinajstić information content (AvgIpc) is 1.98. The minimum atomic E-state index is 1.13. The smallest absolute Gasteiger partial charge is 0.0282 e. The van der Waals surface area contributed by atoms with Gasteiger partial charge >= 0.3 is 0 Å². The van der Waals surface area contributed by atoms with Crippen LogP contribution in [0.2, 0.25) is 0 Å². The summed E-state index contributed by atoms with van der Waals surface area (Å²) in [6, 6.07) is 0. The highest BCUT2D eigenvalue weighted by molar-refractivity contribution is 5.21. The second-order valence-corrected chi connectivity index (χ2v) is 2.22. The van der Waals surface area contributed by atoms with Gasteiger partial charge in [0, 0.05) is 0 Å². The molecule has 0 aromatic heterocycles. The molecular weight excluding hydrogens is 120 g/mol. The Balaban J connectivity index is 3.90. The van der Waals surface area contributed by atoms with Crippen LogP contribution in [0.4, 0.5) is 0 Å². The van der Waals surface area contributed by atoms with Crippen molar-refractivity contribution in [3.8, 4) is 0 Å². The molecular formula is C10H16. The van der Waals surface area contributed by atoms with E-state index in [-0.39, 0.29) is 0 Å². The van der Waals surface area contributed by atoms with E-state index in [2.05, 4.69) is 19.6 Å². The van der Waals surface area contributed by atoms with Crippen LogP contribution in [-0.4, -0.2) is 0 Å². The third-order valence-corrected chi connectivity index (χ3v) is 1.30. The van der Waals surface area contributed by atoms with Gasteiger partial charge in [-0.25, -0.2) is 0 Å². The molecule has 0 aromatic carbocycles. The summed E-state index contributed by atoms with van der Waals surface area (Å²) in [4.78, 5) is 0. The highest BCUT2D eigenvalue weighted by Gasteiger charge is 1.84. The van der Waals surface area contributed by atoms with Crippen LogP contribution in [0.3, 0.4) is 0 Å². The van der Waals surface area contributed by atoms with Crippen molar-refractivity contribution in [1.29, 1.82) is 0 Å². The van der Waals surface area contributed by atoms with Gasteiger partial charge in [-0.15, -0.1) is 0 Å². The average molecular weight is 136 g/mol. The molecule has 0 aliphatic rings. The highest BCUT2D eigenvalue weighted by Crippen LogP contribution is 2.04. The molecule has 0 N–H and O–H groups in total. The first-order valence-electron chi connectivity index (χ1n) is 3.79. The van der Waals surface area contributed by atoms with Crippen LogP contribution < -0.4 is 0 Å². The van der Waals surface area contributed by atoms with Gasteiger partial charge in [-0.1, -0.05) is 44.2 Å². The van der Waals surface area contributed by atoms with Crippen LogP contribution >= 0.6 is 0 Å². The van der Waals surface area contributed by atoms with Crippen molar-refractivity contribution < 1.29 is 0 Å². The quantitative estimate of drug-likeness (QED) is 0.519. The van der Waals surface area contributed by atoms with Crippen molar-refractivity contribution in [3.63, 3.8) is 0 Å². The van der Waals surface area contributed by atoms with E-state index < -0.39 is 0 Å². The van der Waals surface area contributed by atoms with Crippen molar-refractivity contribution in [3.05, 3.63) is 36.5 Å². The zero-order chi connectivity index (χ0) is 7.82. The second kappa shape index (κ2) is 6.34. The summed E-state index contributed by atoms with van der Waals surface area (Å²) >= 11 is 0. The Labute approximate surface area is 64.0 Å². The van der Waals surface area contributed by atoms with Crippen molar-refractivity contribution in [2.75, 3.05) is 0 Å². The molecule has 0 atom stereocenters. The lowest BCUT2D eigenvalue weighted by Crippen LogP contribution is -1.74. The third-order valence-electron chi connectivity index (χ3n) is 1.30. The summed E-state index contributed by atoms with van der Waals surface area (Å²) in [6.07, 6.45) is 10.4. The summed E-state index contributed by atoms with van der Waals surface area (Å²) in [5.41, 5.74) is 1.32. The number of hydrogen-bond acceptors (Lipinski definition) is 0. The fourth-order valence-corrected chi connectivity index (χ4v) is 0.762. The van der Waals surface area contributed by atoms with E-state index in [0.717, 1.165) is 6.42 Å². The van der Waals surface area contributed by atoms with Crippen LogP contribution in [0.5, 0.6) is 0 Å². The zero-order valence-corrected chi connectivity index (χ0v) is 6.93. The molecule has 0 nitrogen and oxygen atoms in total. The van der Waals surface area contributed by atoms with Crippen LogP contribution in [0.1, 0.15) is 26.7 Å². The normalized spacial score (nSPS) is 12.4. The number of rotatable bonds is 4. The van der Waals surface area contributed by atoms with Gasteiger partial charge in [0.1, 0.15) is 0 Å². The maximum Gasteiger partial charge on any atom is -0.0282 e.